The highest BCUT2D eigenvalue weighted by Crippen LogP contribution is 2.24. The van der Waals surface area contributed by atoms with Gasteiger partial charge >= 0.3 is 0 Å². The minimum atomic E-state index is -0.208. The molecule has 0 spiro atoms. The van der Waals surface area contributed by atoms with Crippen molar-refractivity contribution in [3.05, 3.63) is 59.9 Å². The van der Waals surface area contributed by atoms with Crippen LogP contribution in [0.1, 0.15) is 31.2 Å². The van der Waals surface area contributed by atoms with Gasteiger partial charge in [-0.15, -0.1) is 0 Å². The number of fused-ring (bicyclic) bond motifs is 1. The summed E-state index contributed by atoms with van der Waals surface area (Å²) in [4.78, 5) is 7.39. The molecule has 0 bridgehead atoms. The monoisotopic (exact) mass is 395 g/mol. The molecule has 0 saturated carbocycles. The molecule has 6 heteroatoms. The van der Waals surface area contributed by atoms with Crippen LogP contribution in [0.15, 0.2) is 48.5 Å². The molecule has 5 nitrogen and oxygen atoms in total. The highest BCUT2D eigenvalue weighted by Gasteiger charge is 2.21. The van der Waals surface area contributed by atoms with Crippen molar-refractivity contribution in [2.45, 2.75) is 38.3 Å². The summed E-state index contributed by atoms with van der Waals surface area (Å²) in [5.74, 6) is 0.693. The van der Waals surface area contributed by atoms with Crippen LogP contribution in [0, 0.1) is 5.82 Å². The van der Waals surface area contributed by atoms with Gasteiger partial charge in [-0.1, -0.05) is 24.3 Å². The summed E-state index contributed by atoms with van der Waals surface area (Å²) >= 11 is 0. The van der Waals surface area contributed by atoms with E-state index >= 15 is 0 Å². The summed E-state index contributed by atoms with van der Waals surface area (Å²) in [5, 5.41) is 3.69. The van der Waals surface area contributed by atoms with Gasteiger partial charge in [0, 0.05) is 19.1 Å². The number of hydrogen-bond donors (Lipinski definition) is 2. The summed E-state index contributed by atoms with van der Waals surface area (Å²) in [6.07, 6.45) is 4.51. The van der Waals surface area contributed by atoms with Crippen LogP contribution in [0.3, 0.4) is 0 Å². The number of piperidine rings is 1. The van der Waals surface area contributed by atoms with E-state index in [2.05, 4.69) is 20.9 Å². The number of aromatic nitrogens is 2. The molecule has 0 unspecified atom stereocenters. The van der Waals surface area contributed by atoms with Gasteiger partial charge in [-0.05, 0) is 68.6 Å². The second-order valence-corrected chi connectivity index (χ2v) is 7.89. The molecule has 2 aromatic carbocycles. The van der Waals surface area contributed by atoms with Crippen molar-refractivity contribution in [3.63, 3.8) is 0 Å². The summed E-state index contributed by atoms with van der Waals surface area (Å²) in [7, 11) is 0. The van der Waals surface area contributed by atoms with Gasteiger partial charge in [0.1, 0.15) is 5.82 Å². The van der Waals surface area contributed by atoms with Gasteiger partial charge in [-0.2, -0.15) is 0 Å². The lowest BCUT2D eigenvalue weighted by Gasteiger charge is -2.32. The van der Waals surface area contributed by atoms with E-state index in [9.17, 15) is 4.39 Å². The zero-order chi connectivity index (χ0) is 20.1. The van der Waals surface area contributed by atoms with Gasteiger partial charge in [-0.25, -0.2) is 9.37 Å². The number of unbranched alkanes of at least 4 members (excludes halogenated alkanes) is 1. The molecule has 1 aliphatic heterocycles. The number of halogens is 1. The Morgan fingerprint density at radius 2 is 1.79 bits per heavy atom. The zero-order valence-electron chi connectivity index (χ0n) is 16.9. The van der Waals surface area contributed by atoms with E-state index in [1.165, 1.54) is 18.6 Å². The molecule has 3 N–H and O–H groups in total. The minimum Gasteiger partial charge on any atom is -0.353 e. The van der Waals surface area contributed by atoms with Gasteiger partial charge in [0.15, 0.2) is 0 Å². The van der Waals surface area contributed by atoms with Crippen LogP contribution < -0.4 is 11.1 Å². The average molecular weight is 396 g/mol. The van der Waals surface area contributed by atoms with Crippen LogP contribution in [-0.4, -0.2) is 46.7 Å². The van der Waals surface area contributed by atoms with Crippen molar-refractivity contribution in [2.75, 3.05) is 31.5 Å². The van der Waals surface area contributed by atoms with E-state index < -0.39 is 0 Å². The molecule has 0 amide bonds. The predicted molar refractivity (Wildman–Crippen MR) is 117 cm³/mol. The molecule has 1 fully saturated rings. The normalized spacial score (nSPS) is 15.8. The van der Waals surface area contributed by atoms with Crippen LogP contribution in [0.5, 0.6) is 0 Å². The van der Waals surface area contributed by atoms with Crippen LogP contribution >= 0.6 is 0 Å². The quantitative estimate of drug-likeness (QED) is 0.569. The number of imidazole rings is 1. The number of nitrogens with two attached hydrogens (primary N) is 1. The van der Waals surface area contributed by atoms with E-state index in [0.29, 0.717) is 12.6 Å². The molecule has 154 valence electrons. The number of para-hydroxylation sites is 2. The molecule has 0 radical (unpaired) electrons. The SMILES string of the molecule is NCCCCN1CCC(Nc2nc3ccccc3n2Cc2ccc(F)cc2)CC1. The maximum Gasteiger partial charge on any atom is 0.204 e. The molecular formula is C23H30FN5. The lowest BCUT2D eigenvalue weighted by atomic mass is 10.0. The Kier molecular flexibility index (Phi) is 6.42. The number of hydrogen-bond acceptors (Lipinski definition) is 4. The van der Waals surface area contributed by atoms with Crippen molar-refractivity contribution in [1.29, 1.82) is 0 Å². The Morgan fingerprint density at radius 1 is 1.03 bits per heavy atom. The Bertz CT molecular complexity index is 913. The number of benzene rings is 2. The third-order valence-electron chi connectivity index (χ3n) is 5.76. The first-order chi connectivity index (χ1) is 14.2. The number of nitrogens with one attached hydrogen (secondary N) is 1. The Balaban J connectivity index is 1.47. The Morgan fingerprint density at radius 3 is 2.55 bits per heavy atom. The van der Waals surface area contributed by atoms with Crippen molar-refractivity contribution in [2.24, 2.45) is 5.73 Å². The molecule has 1 aliphatic rings. The summed E-state index contributed by atoms with van der Waals surface area (Å²) in [6.45, 7) is 4.82. The molecule has 1 saturated heterocycles. The number of likely N-dealkylation sites (tertiary alicyclic amines) is 1. The van der Waals surface area contributed by atoms with Gasteiger partial charge < -0.3 is 20.5 Å². The van der Waals surface area contributed by atoms with Crippen molar-refractivity contribution >= 4 is 17.0 Å². The van der Waals surface area contributed by atoms with E-state index in [1.807, 2.05) is 30.3 Å². The molecule has 29 heavy (non-hydrogen) atoms. The first-order valence-electron chi connectivity index (χ1n) is 10.6. The molecule has 3 aromatic rings. The van der Waals surface area contributed by atoms with Gasteiger partial charge in [0.2, 0.25) is 5.95 Å². The molecule has 0 aliphatic carbocycles. The molecular weight excluding hydrogens is 365 g/mol. The van der Waals surface area contributed by atoms with Crippen LogP contribution in [-0.2, 0) is 6.54 Å². The number of anilines is 1. The van der Waals surface area contributed by atoms with Crippen LogP contribution in [0.4, 0.5) is 10.3 Å². The lowest BCUT2D eigenvalue weighted by Crippen LogP contribution is -2.40. The highest BCUT2D eigenvalue weighted by molar-refractivity contribution is 5.78. The summed E-state index contributed by atoms with van der Waals surface area (Å²) < 4.78 is 15.5. The summed E-state index contributed by atoms with van der Waals surface area (Å²) in [6, 6.07) is 15.3. The van der Waals surface area contributed by atoms with Crippen LogP contribution in [0.25, 0.3) is 11.0 Å². The van der Waals surface area contributed by atoms with Crippen molar-refractivity contribution < 1.29 is 4.39 Å². The lowest BCUT2D eigenvalue weighted by molar-refractivity contribution is 0.215. The maximum absolute atomic E-state index is 13.3. The second kappa shape index (κ2) is 9.37. The highest BCUT2D eigenvalue weighted by atomic mass is 19.1. The third kappa shape index (κ3) is 4.95. The third-order valence-corrected chi connectivity index (χ3v) is 5.76. The second-order valence-electron chi connectivity index (χ2n) is 7.89. The fraction of sp³-hybridized carbons (Fsp3) is 0.435. The van der Waals surface area contributed by atoms with Gasteiger partial charge in [0.25, 0.3) is 0 Å². The molecule has 0 atom stereocenters. The van der Waals surface area contributed by atoms with E-state index in [4.69, 9.17) is 10.7 Å². The van der Waals surface area contributed by atoms with Gasteiger partial charge in [-0.3, -0.25) is 0 Å². The van der Waals surface area contributed by atoms with Gasteiger partial charge in [0.05, 0.1) is 17.6 Å². The molecule has 2 heterocycles. The number of nitrogens with zero attached hydrogens (tertiary/aromatic N) is 3. The average Bonchev–Trinajstić information content (AvgIpc) is 3.08. The van der Waals surface area contributed by atoms with Crippen LogP contribution in [0.2, 0.25) is 0 Å². The minimum absolute atomic E-state index is 0.208. The first kappa shape index (κ1) is 19.9. The zero-order valence-corrected chi connectivity index (χ0v) is 16.9. The Hall–Kier alpha value is -2.44. The summed E-state index contributed by atoms with van der Waals surface area (Å²) in [5.41, 5.74) is 8.75. The molecule has 4 rings (SSSR count). The Labute approximate surface area is 171 Å². The van der Waals surface area contributed by atoms with E-state index in [0.717, 1.165) is 68.0 Å². The molecule has 1 aromatic heterocycles. The largest absolute Gasteiger partial charge is 0.353 e. The first-order valence-corrected chi connectivity index (χ1v) is 10.6. The maximum atomic E-state index is 13.3. The number of rotatable bonds is 8. The van der Waals surface area contributed by atoms with E-state index in [1.54, 1.807) is 0 Å². The van der Waals surface area contributed by atoms with Crippen molar-refractivity contribution in [3.8, 4) is 0 Å². The fourth-order valence-corrected chi connectivity index (χ4v) is 4.08. The van der Waals surface area contributed by atoms with Crippen molar-refractivity contribution in [1.82, 2.24) is 14.5 Å². The smallest absolute Gasteiger partial charge is 0.204 e. The predicted octanol–water partition coefficient (Wildman–Crippen LogP) is 3.84. The van der Waals surface area contributed by atoms with E-state index in [-0.39, 0.29) is 5.82 Å². The standard InChI is InChI=1S/C23H30FN5/c24-19-9-7-18(8-10-19)17-29-22-6-2-1-5-21(22)27-23(29)26-20-11-15-28(16-12-20)14-4-3-13-25/h1-2,5-10,20H,3-4,11-17,25H2,(H,26,27). The fourth-order valence-electron chi connectivity index (χ4n) is 4.08. The topological polar surface area (TPSA) is 59.1 Å².